The Hall–Kier alpha value is -3.09. The molecule has 0 radical (unpaired) electrons. The van der Waals surface area contributed by atoms with Gasteiger partial charge in [0.2, 0.25) is 0 Å². The smallest absolute Gasteiger partial charge is 0.344 e. The molecule has 24 heavy (non-hydrogen) atoms. The van der Waals surface area contributed by atoms with Crippen molar-refractivity contribution in [2.45, 2.75) is 6.92 Å². The molecule has 2 aromatic rings. The van der Waals surface area contributed by atoms with E-state index in [2.05, 4.69) is 10.1 Å². The molecule has 0 aliphatic rings. The second kappa shape index (κ2) is 7.96. The number of hydrogen-bond donors (Lipinski definition) is 1. The molecule has 2 rings (SSSR count). The first-order valence-electron chi connectivity index (χ1n) is 7.31. The molecule has 1 N–H and O–H groups in total. The Bertz CT molecular complexity index is 746. The van der Waals surface area contributed by atoms with Crippen molar-refractivity contribution in [2.75, 3.05) is 25.6 Å². The van der Waals surface area contributed by atoms with Crippen molar-refractivity contribution in [1.29, 1.82) is 0 Å². The van der Waals surface area contributed by atoms with Gasteiger partial charge in [-0.25, -0.2) is 4.79 Å². The van der Waals surface area contributed by atoms with E-state index < -0.39 is 10.9 Å². The summed E-state index contributed by atoms with van der Waals surface area (Å²) in [7, 11) is 1.18. The first-order valence-corrected chi connectivity index (χ1v) is 7.31. The van der Waals surface area contributed by atoms with Crippen molar-refractivity contribution in [3.8, 4) is 5.75 Å². The van der Waals surface area contributed by atoms with Crippen LogP contribution in [0.5, 0.6) is 5.75 Å². The summed E-state index contributed by atoms with van der Waals surface area (Å²) in [6, 6.07) is 11.9. The molecule has 7 heteroatoms. The number of esters is 1. The Morgan fingerprint density at radius 1 is 1.25 bits per heavy atom. The third-order valence-corrected chi connectivity index (χ3v) is 3.29. The molecule has 0 spiro atoms. The normalized spacial score (nSPS) is 10.1. The van der Waals surface area contributed by atoms with E-state index in [9.17, 15) is 14.9 Å². The minimum Gasteiger partial charge on any atom is -0.492 e. The number of hydrogen-bond acceptors (Lipinski definition) is 6. The minimum atomic E-state index is -0.749. The molecule has 0 bridgehead atoms. The van der Waals surface area contributed by atoms with E-state index in [-0.39, 0.29) is 11.3 Å². The lowest BCUT2D eigenvalue weighted by molar-refractivity contribution is -0.385. The molecule has 0 aliphatic carbocycles. The van der Waals surface area contributed by atoms with Crippen LogP contribution >= 0.6 is 0 Å². The van der Waals surface area contributed by atoms with E-state index >= 15 is 0 Å². The van der Waals surface area contributed by atoms with Gasteiger partial charge in [-0.3, -0.25) is 10.1 Å². The summed E-state index contributed by atoms with van der Waals surface area (Å²) in [5, 5.41) is 14.0. The second-order valence-corrected chi connectivity index (χ2v) is 5.07. The van der Waals surface area contributed by atoms with E-state index in [0.29, 0.717) is 18.8 Å². The molecule has 0 amide bonds. The summed E-state index contributed by atoms with van der Waals surface area (Å²) in [6.45, 7) is 2.87. The summed E-state index contributed by atoms with van der Waals surface area (Å²) in [4.78, 5) is 22.0. The lowest BCUT2D eigenvalue weighted by atomic mass is 10.1. The van der Waals surface area contributed by atoms with Crippen LogP contribution in [0, 0.1) is 17.0 Å². The van der Waals surface area contributed by atoms with E-state index in [4.69, 9.17) is 4.74 Å². The molecule has 0 heterocycles. The largest absolute Gasteiger partial charge is 0.492 e. The molecule has 0 atom stereocenters. The van der Waals surface area contributed by atoms with Gasteiger partial charge in [0.25, 0.3) is 5.69 Å². The van der Waals surface area contributed by atoms with E-state index in [0.717, 1.165) is 11.3 Å². The highest BCUT2D eigenvalue weighted by Gasteiger charge is 2.21. The van der Waals surface area contributed by atoms with E-state index in [1.54, 1.807) is 0 Å². The van der Waals surface area contributed by atoms with Gasteiger partial charge in [-0.05, 0) is 36.8 Å². The average molecular weight is 330 g/mol. The maximum Gasteiger partial charge on any atom is 0.344 e. The lowest BCUT2D eigenvalue weighted by Gasteiger charge is -2.10. The van der Waals surface area contributed by atoms with Gasteiger partial charge in [0.05, 0.1) is 12.0 Å². The van der Waals surface area contributed by atoms with Crippen molar-refractivity contribution in [3.05, 3.63) is 63.7 Å². The highest BCUT2D eigenvalue weighted by atomic mass is 16.6. The summed E-state index contributed by atoms with van der Waals surface area (Å²) >= 11 is 0. The van der Waals surface area contributed by atoms with Crippen LogP contribution in [0.1, 0.15) is 15.9 Å². The number of nitrogens with one attached hydrogen (secondary N) is 1. The topological polar surface area (TPSA) is 90.7 Å². The third-order valence-electron chi connectivity index (χ3n) is 3.29. The molecule has 0 aliphatic heterocycles. The van der Waals surface area contributed by atoms with E-state index in [1.807, 2.05) is 31.2 Å². The van der Waals surface area contributed by atoms with E-state index in [1.165, 1.54) is 25.3 Å². The summed E-state index contributed by atoms with van der Waals surface area (Å²) in [6.07, 6.45) is 0. The second-order valence-electron chi connectivity index (χ2n) is 5.07. The van der Waals surface area contributed by atoms with Gasteiger partial charge in [0, 0.05) is 18.3 Å². The highest BCUT2D eigenvalue weighted by molar-refractivity contribution is 5.95. The van der Waals surface area contributed by atoms with Gasteiger partial charge in [0.1, 0.15) is 17.9 Å². The molecule has 0 aromatic heterocycles. The molecule has 126 valence electrons. The number of anilines is 1. The number of nitro benzene ring substituents is 1. The lowest BCUT2D eigenvalue weighted by Crippen LogP contribution is -2.12. The summed E-state index contributed by atoms with van der Waals surface area (Å²) < 4.78 is 10.2. The summed E-state index contributed by atoms with van der Waals surface area (Å²) in [5.74, 6) is 0.0251. The molecule has 0 saturated heterocycles. The Labute approximate surface area is 139 Å². The number of methoxy groups -OCH3 is 1. The molecule has 7 nitrogen and oxygen atoms in total. The minimum absolute atomic E-state index is 0.0906. The Morgan fingerprint density at radius 2 is 2.04 bits per heavy atom. The number of nitro groups is 1. The Balaban J connectivity index is 1.97. The Kier molecular flexibility index (Phi) is 5.73. The zero-order chi connectivity index (χ0) is 17.5. The zero-order valence-electron chi connectivity index (χ0n) is 13.4. The number of carbonyl (C=O) groups is 1. The predicted octanol–water partition coefficient (Wildman–Crippen LogP) is 3.18. The van der Waals surface area contributed by atoms with Crippen molar-refractivity contribution >= 4 is 17.3 Å². The highest BCUT2D eigenvalue weighted by Crippen LogP contribution is 2.23. The van der Waals surface area contributed by atoms with Crippen LogP contribution in [-0.2, 0) is 4.74 Å². The summed E-state index contributed by atoms with van der Waals surface area (Å²) in [5.41, 5.74) is 1.31. The molecule has 2 aromatic carbocycles. The van der Waals surface area contributed by atoms with Gasteiger partial charge in [-0.2, -0.15) is 0 Å². The zero-order valence-corrected chi connectivity index (χ0v) is 13.4. The van der Waals surface area contributed by atoms with Crippen LogP contribution in [0.4, 0.5) is 11.4 Å². The number of nitrogens with zero attached hydrogens (tertiary/aromatic N) is 1. The average Bonchev–Trinajstić information content (AvgIpc) is 2.57. The quantitative estimate of drug-likeness (QED) is 0.363. The van der Waals surface area contributed by atoms with Gasteiger partial charge in [-0.15, -0.1) is 0 Å². The predicted molar refractivity (Wildman–Crippen MR) is 89.6 cm³/mol. The number of rotatable bonds is 7. The molecule has 0 fully saturated rings. The van der Waals surface area contributed by atoms with Crippen molar-refractivity contribution < 1.29 is 19.2 Å². The van der Waals surface area contributed by atoms with Crippen LogP contribution in [0.25, 0.3) is 0 Å². The molecule has 0 saturated carbocycles. The van der Waals surface area contributed by atoms with Crippen molar-refractivity contribution in [3.63, 3.8) is 0 Å². The number of ether oxygens (including phenoxy) is 2. The Morgan fingerprint density at radius 3 is 2.71 bits per heavy atom. The maximum atomic E-state index is 11.7. The molecular weight excluding hydrogens is 312 g/mol. The van der Waals surface area contributed by atoms with Crippen LogP contribution in [-0.4, -0.2) is 31.2 Å². The molecular formula is C17H18N2O5. The standard InChI is InChI=1S/C17H18N2O5/c1-12-4-3-5-14(10-12)24-9-8-18-13-6-7-16(19(21)22)15(11-13)17(20)23-2/h3-7,10-11,18H,8-9H2,1-2H3. The fourth-order valence-electron chi connectivity index (χ4n) is 2.15. The fourth-order valence-corrected chi connectivity index (χ4v) is 2.15. The van der Waals surface area contributed by atoms with Crippen molar-refractivity contribution in [1.82, 2.24) is 0 Å². The first kappa shape index (κ1) is 17.3. The van der Waals surface area contributed by atoms with Crippen LogP contribution < -0.4 is 10.1 Å². The van der Waals surface area contributed by atoms with Gasteiger partial charge < -0.3 is 14.8 Å². The van der Waals surface area contributed by atoms with Crippen molar-refractivity contribution in [2.24, 2.45) is 0 Å². The van der Waals surface area contributed by atoms with Crippen LogP contribution in [0.3, 0.4) is 0 Å². The number of benzene rings is 2. The van der Waals surface area contributed by atoms with Crippen LogP contribution in [0.15, 0.2) is 42.5 Å². The third kappa shape index (κ3) is 4.45. The van der Waals surface area contributed by atoms with Gasteiger partial charge in [0.15, 0.2) is 0 Å². The maximum absolute atomic E-state index is 11.7. The monoisotopic (exact) mass is 330 g/mol. The number of carbonyl (C=O) groups excluding carboxylic acids is 1. The van der Waals surface area contributed by atoms with Crippen LogP contribution in [0.2, 0.25) is 0 Å². The van der Waals surface area contributed by atoms with Gasteiger partial charge >= 0.3 is 5.97 Å². The van der Waals surface area contributed by atoms with Gasteiger partial charge in [-0.1, -0.05) is 12.1 Å². The SMILES string of the molecule is COC(=O)c1cc(NCCOc2cccc(C)c2)ccc1[N+](=O)[O-]. The first-order chi connectivity index (χ1) is 11.5. The molecule has 0 unspecified atom stereocenters. The number of aryl methyl sites for hydroxylation is 1. The fraction of sp³-hybridized carbons (Fsp3) is 0.235.